The van der Waals surface area contributed by atoms with Crippen molar-refractivity contribution < 1.29 is 9.90 Å². The standard InChI is InChI=1S/C10H20N2O2/c1-8(9(13)12(2)3)11-7-10(14)5-4-6-10/h8,11,14H,4-7H2,1-3H3. The van der Waals surface area contributed by atoms with Crippen molar-refractivity contribution in [2.24, 2.45) is 0 Å². The fourth-order valence-corrected chi connectivity index (χ4v) is 1.58. The summed E-state index contributed by atoms with van der Waals surface area (Å²) >= 11 is 0. The van der Waals surface area contributed by atoms with Gasteiger partial charge in [0.1, 0.15) is 0 Å². The minimum Gasteiger partial charge on any atom is -0.389 e. The Kier molecular flexibility index (Phi) is 3.50. The average Bonchev–Trinajstić information content (AvgIpc) is 2.09. The molecule has 1 unspecified atom stereocenters. The number of rotatable bonds is 4. The van der Waals surface area contributed by atoms with Gasteiger partial charge in [-0.2, -0.15) is 0 Å². The van der Waals surface area contributed by atoms with Crippen molar-refractivity contribution in [3.63, 3.8) is 0 Å². The van der Waals surface area contributed by atoms with E-state index in [1.54, 1.807) is 19.0 Å². The second-order valence-corrected chi connectivity index (χ2v) is 4.41. The molecular formula is C10H20N2O2. The highest BCUT2D eigenvalue weighted by Crippen LogP contribution is 2.30. The van der Waals surface area contributed by atoms with E-state index in [2.05, 4.69) is 5.32 Å². The first kappa shape index (κ1) is 11.5. The first-order valence-electron chi connectivity index (χ1n) is 5.11. The Morgan fingerprint density at radius 3 is 2.50 bits per heavy atom. The molecule has 0 saturated heterocycles. The molecule has 1 rings (SSSR count). The molecule has 14 heavy (non-hydrogen) atoms. The lowest BCUT2D eigenvalue weighted by molar-refractivity contribution is -0.131. The molecule has 0 spiro atoms. The Bertz CT molecular complexity index is 212. The summed E-state index contributed by atoms with van der Waals surface area (Å²) in [6, 6.07) is -0.213. The van der Waals surface area contributed by atoms with Gasteiger partial charge in [0.05, 0.1) is 11.6 Å². The van der Waals surface area contributed by atoms with E-state index in [0.29, 0.717) is 6.54 Å². The van der Waals surface area contributed by atoms with Gasteiger partial charge >= 0.3 is 0 Å². The van der Waals surface area contributed by atoms with Crippen LogP contribution in [0.1, 0.15) is 26.2 Å². The molecule has 1 aliphatic carbocycles. The van der Waals surface area contributed by atoms with Crippen LogP contribution in [-0.4, -0.2) is 48.2 Å². The Hall–Kier alpha value is -0.610. The minimum absolute atomic E-state index is 0.0490. The molecule has 0 bridgehead atoms. The SMILES string of the molecule is CC(NCC1(O)CCC1)C(=O)N(C)C. The smallest absolute Gasteiger partial charge is 0.238 e. The molecule has 4 heteroatoms. The number of carbonyl (C=O) groups is 1. The predicted molar refractivity (Wildman–Crippen MR) is 55.0 cm³/mol. The molecule has 1 atom stereocenters. The van der Waals surface area contributed by atoms with Crippen LogP contribution in [0.4, 0.5) is 0 Å². The largest absolute Gasteiger partial charge is 0.389 e. The van der Waals surface area contributed by atoms with Crippen molar-refractivity contribution in [3.8, 4) is 0 Å². The molecule has 0 radical (unpaired) electrons. The van der Waals surface area contributed by atoms with E-state index in [9.17, 15) is 9.90 Å². The van der Waals surface area contributed by atoms with E-state index in [-0.39, 0.29) is 11.9 Å². The van der Waals surface area contributed by atoms with Crippen molar-refractivity contribution in [3.05, 3.63) is 0 Å². The van der Waals surface area contributed by atoms with Gasteiger partial charge in [0.2, 0.25) is 5.91 Å². The van der Waals surface area contributed by atoms with Crippen LogP contribution in [0.2, 0.25) is 0 Å². The number of nitrogens with one attached hydrogen (secondary N) is 1. The maximum atomic E-state index is 11.4. The third-order valence-electron chi connectivity index (χ3n) is 2.83. The van der Waals surface area contributed by atoms with Gasteiger partial charge in [-0.1, -0.05) is 0 Å². The van der Waals surface area contributed by atoms with Crippen LogP contribution in [0.3, 0.4) is 0 Å². The summed E-state index contributed by atoms with van der Waals surface area (Å²) in [5, 5.41) is 12.9. The van der Waals surface area contributed by atoms with E-state index < -0.39 is 5.60 Å². The second kappa shape index (κ2) is 4.28. The van der Waals surface area contributed by atoms with E-state index in [0.717, 1.165) is 19.3 Å². The molecule has 0 aromatic heterocycles. The topological polar surface area (TPSA) is 52.6 Å². The van der Waals surface area contributed by atoms with Crippen LogP contribution in [0, 0.1) is 0 Å². The maximum Gasteiger partial charge on any atom is 0.238 e. The van der Waals surface area contributed by atoms with E-state index in [1.165, 1.54) is 0 Å². The number of amides is 1. The van der Waals surface area contributed by atoms with Crippen LogP contribution < -0.4 is 5.32 Å². The quantitative estimate of drug-likeness (QED) is 0.670. The summed E-state index contributed by atoms with van der Waals surface area (Å²) in [6.45, 7) is 2.35. The zero-order valence-electron chi connectivity index (χ0n) is 9.21. The maximum absolute atomic E-state index is 11.4. The Morgan fingerprint density at radius 1 is 1.57 bits per heavy atom. The summed E-state index contributed by atoms with van der Waals surface area (Å²) in [7, 11) is 3.47. The normalized spacial score (nSPS) is 21.1. The summed E-state index contributed by atoms with van der Waals surface area (Å²) in [5.74, 6) is 0.0490. The van der Waals surface area contributed by atoms with Crippen molar-refractivity contribution >= 4 is 5.91 Å². The fraction of sp³-hybridized carbons (Fsp3) is 0.900. The van der Waals surface area contributed by atoms with Crippen LogP contribution in [-0.2, 0) is 4.79 Å². The summed E-state index contributed by atoms with van der Waals surface area (Å²) < 4.78 is 0. The molecule has 1 saturated carbocycles. The Labute approximate surface area is 85.3 Å². The van der Waals surface area contributed by atoms with Gasteiger partial charge in [0.15, 0.2) is 0 Å². The minimum atomic E-state index is -0.555. The summed E-state index contributed by atoms with van der Waals surface area (Å²) in [4.78, 5) is 13.0. The van der Waals surface area contributed by atoms with Gasteiger partial charge in [0, 0.05) is 20.6 Å². The van der Waals surface area contributed by atoms with Crippen molar-refractivity contribution in [2.75, 3.05) is 20.6 Å². The van der Waals surface area contributed by atoms with Gasteiger partial charge in [0.25, 0.3) is 0 Å². The number of hydrogen-bond acceptors (Lipinski definition) is 3. The molecule has 0 aliphatic heterocycles. The van der Waals surface area contributed by atoms with E-state index in [1.807, 2.05) is 6.92 Å². The molecular weight excluding hydrogens is 180 g/mol. The van der Waals surface area contributed by atoms with Crippen LogP contribution in [0.25, 0.3) is 0 Å². The van der Waals surface area contributed by atoms with Crippen molar-refractivity contribution in [2.45, 2.75) is 37.8 Å². The molecule has 82 valence electrons. The summed E-state index contributed by atoms with van der Waals surface area (Å²) in [6.07, 6.45) is 2.79. The van der Waals surface area contributed by atoms with Gasteiger partial charge in [-0.25, -0.2) is 0 Å². The third-order valence-corrected chi connectivity index (χ3v) is 2.83. The number of nitrogens with zero attached hydrogens (tertiary/aromatic N) is 1. The van der Waals surface area contributed by atoms with E-state index >= 15 is 0 Å². The monoisotopic (exact) mass is 200 g/mol. The Balaban J connectivity index is 2.27. The molecule has 4 nitrogen and oxygen atoms in total. The predicted octanol–water partition coefficient (Wildman–Crippen LogP) is -0.0323. The van der Waals surface area contributed by atoms with Crippen molar-refractivity contribution in [1.82, 2.24) is 10.2 Å². The highest BCUT2D eigenvalue weighted by atomic mass is 16.3. The highest BCUT2D eigenvalue weighted by Gasteiger charge is 2.34. The first-order chi connectivity index (χ1) is 6.44. The molecule has 2 N–H and O–H groups in total. The van der Waals surface area contributed by atoms with Gasteiger partial charge < -0.3 is 15.3 Å². The van der Waals surface area contributed by atoms with Gasteiger partial charge in [-0.05, 0) is 26.2 Å². The van der Waals surface area contributed by atoms with Crippen molar-refractivity contribution in [1.29, 1.82) is 0 Å². The summed E-state index contributed by atoms with van der Waals surface area (Å²) in [5.41, 5.74) is -0.555. The first-order valence-corrected chi connectivity index (χ1v) is 5.11. The lowest BCUT2D eigenvalue weighted by atomic mass is 9.80. The third kappa shape index (κ3) is 2.69. The van der Waals surface area contributed by atoms with Crippen LogP contribution in [0.5, 0.6) is 0 Å². The second-order valence-electron chi connectivity index (χ2n) is 4.41. The molecule has 1 aliphatic rings. The van der Waals surface area contributed by atoms with Gasteiger partial charge in [-0.3, -0.25) is 4.79 Å². The molecule has 0 aromatic carbocycles. The molecule has 1 fully saturated rings. The molecule has 0 heterocycles. The molecule has 0 aromatic rings. The van der Waals surface area contributed by atoms with E-state index in [4.69, 9.17) is 0 Å². The zero-order chi connectivity index (χ0) is 10.8. The number of carbonyl (C=O) groups excluding carboxylic acids is 1. The number of likely N-dealkylation sites (N-methyl/N-ethyl adjacent to an activating group) is 1. The number of hydrogen-bond donors (Lipinski definition) is 2. The lowest BCUT2D eigenvalue weighted by Gasteiger charge is -2.37. The van der Waals surface area contributed by atoms with Crippen LogP contribution >= 0.6 is 0 Å². The fourth-order valence-electron chi connectivity index (χ4n) is 1.58. The van der Waals surface area contributed by atoms with Crippen LogP contribution in [0.15, 0.2) is 0 Å². The highest BCUT2D eigenvalue weighted by molar-refractivity contribution is 5.80. The molecule has 1 amide bonds. The number of aliphatic hydroxyl groups is 1. The van der Waals surface area contributed by atoms with Gasteiger partial charge in [-0.15, -0.1) is 0 Å². The lowest BCUT2D eigenvalue weighted by Crippen LogP contribution is -2.51. The zero-order valence-corrected chi connectivity index (χ0v) is 9.21. The Morgan fingerprint density at radius 2 is 2.14 bits per heavy atom. The average molecular weight is 200 g/mol.